The Morgan fingerprint density at radius 1 is 1.57 bits per heavy atom. The summed E-state index contributed by atoms with van der Waals surface area (Å²) in [7, 11) is 0. The van der Waals surface area contributed by atoms with Gasteiger partial charge >= 0.3 is 0 Å². The Morgan fingerprint density at radius 3 is 2.71 bits per heavy atom. The van der Waals surface area contributed by atoms with Crippen LogP contribution in [0.4, 0.5) is 0 Å². The summed E-state index contributed by atoms with van der Waals surface area (Å²) < 4.78 is 5.46. The SMILES string of the molecule is CC1NCC(=O)N1C1COCC1(C)C. The number of carbonyl (C=O) groups excluding carboxylic acids is 1. The van der Waals surface area contributed by atoms with E-state index in [1.54, 1.807) is 0 Å². The first-order valence-electron chi connectivity index (χ1n) is 5.15. The molecule has 2 atom stereocenters. The third-order valence-corrected chi connectivity index (χ3v) is 3.24. The van der Waals surface area contributed by atoms with Crippen LogP contribution in [0.15, 0.2) is 0 Å². The largest absolute Gasteiger partial charge is 0.379 e. The molecule has 0 spiro atoms. The molecule has 2 rings (SSSR count). The first-order chi connectivity index (χ1) is 6.52. The van der Waals surface area contributed by atoms with E-state index in [2.05, 4.69) is 19.2 Å². The Morgan fingerprint density at radius 2 is 2.29 bits per heavy atom. The van der Waals surface area contributed by atoms with Gasteiger partial charge in [-0.25, -0.2) is 0 Å². The van der Waals surface area contributed by atoms with Crippen LogP contribution in [0.5, 0.6) is 0 Å². The molecule has 2 unspecified atom stereocenters. The molecule has 0 aliphatic carbocycles. The van der Waals surface area contributed by atoms with Crippen LogP contribution in [0.25, 0.3) is 0 Å². The fourth-order valence-electron chi connectivity index (χ4n) is 2.30. The normalized spacial score (nSPS) is 36.8. The van der Waals surface area contributed by atoms with Gasteiger partial charge in [0.15, 0.2) is 0 Å². The van der Waals surface area contributed by atoms with Crippen LogP contribution >= 0.6 is 0 Å². The highest BCUT2D eigenvalue weighted by Gasteiger charge is 2.45. The van der Waals surface area contributed by atoms with Crippen molar-refractivity contribution in [2.45, 2.75) is 33.0 Å². The second kappa shape index (κ2) is 3.21. The quantitative estimate of drug-likeness (QED) is 0.654. The summed E-state index contributed by atoms with van der Waals surface area (Å²) in [5, 5.41) is 3.15. The highest BCUT2D eigenvalue weighted by molar-refractivity contribution is 5.81. The molecule has 14 heavy (non-hydrogen) atoms. The van der Waals surface area contributed by atoms with Crippen LogP contribution in [0.1, 0.15) is 20.8 Å². The molecule has 4 nitrogen and oxygen atoms in total. The molecule has 0 aromatic rings. The average molecular weight is 198 g/mol. The van der Waals surface area contributed by atoms with E-state index in [-0.39, 0.29) is 23.5 Å². The molecule has 0 radical (unpaired) electrons. The number of hydrogen-bond donors (Lipinski definition) is 1. The van der Waals surface area contributed by atoms with Gasteiger partial charge in [-0.15, -0.1) is 0 Å². The molecule has 0 bridgehead atoms. The lowest BCUT2D eigenvalue weighted by atomic mass is 9.86. The van der Waals surface area contributed by atoms with Gasteiger partial charge in [-0.1, -0.05) is 13.8 Å². The lowest BCUT2D eigenvalue weighted by Crippen LogP contribution is -2.49. The number of nitrogens with zero attached hydrogens (tertiary/aromatic N) is 1. The van der Waals surface area contributed by atoms with Gasteiger partial charge in [0, 0.05) is 5.41 Å². The van der Waals surface area contributed by atoms with Crippen molar-refractivity contribution < 1.29 is 9.53 Å². The van der Waals surface area contributed by atoms with Gasteiger partial charge in [0.05, 0.1) is 32.0 Å². The van der Waals surface area contributed by atoms with E-state index in [1.807, 2.05) is 11.8 Å². The second-order valence-electron chi connectivity index (χ2n) is 4.88. The Balaban J connectivity index is 2.17. The Kier molecular flexibility index (Phi) is 2.27. The molecule has 0 aromatic heterocycles. The molecule has 2 saturated heterocycles. The van der Waals surface area contributed by atoms with Crippen molar-refractivity contribution in [2.75, 3.05) is 19.8 Å². The van der Waals surface area contributed by atoms with Gasteiger partial charge in [0.2, 0.25) is 5.91 Å². The lowest BCUT2D eigenvalue weighted by Gasteiger charge is -2.35. The Labute approximate surface area is 84.6 Å². The standard InChI is InChI=1S/C10H18N2O2/c1-7-11-4-9(13)12(7)8-5-14-6-10(8,2)3/h7-8,11H,4-6H2,1-3H3. The number of hydrogen-bond acceptors (Lipinski definition) is 3. The molecule has 1 N–H and O–H groups in total. The van der Waals surface area contributed by atoms with Crippen molar-refractivity contribution in [3.05, 3.63) is 0 Å². The van der Waals surface area contributed by atoms with E-state index < -0.39 is 0 Å². The van der Waals surface area contributed by atoms with Crippen LogP contribution < -0.4 is 5.32 Å². The van der Waals surface area contributed by atoms with Crippen molar-refractivity contribution in [1.82, 2.24) is 10.2 Å². The van der Waals surface area contributed by atoms with Gasteiger partial charge in [0.25, 0.3) is 0 Å². The van der Waals surface area contributed by atoms with Crippen LogP contribution in [-0.4, -0.2) is 42.8 Å². The minimum atomic E-state index is 0.0793. The minimum Gasteiger partial charge on any atom is -0.379 e. The zero-order valence-electron chi connectivity index (χ0n) is 9.04. The predicted molar refractivity (Wildman–Crippen MR) is 52.7 cm³/mol. The molecule has 2 heterocycles. The lowest BCUT2D eigenvalue weighted by molar-refractivity contribution is -0.131. The maximum Gasteiger partial charge on any atom is 0.238 e. The molecular weight excluding hydrogens is 180 g/mol. The molecule has 2 aliphatic rings. The summed E-state index contributed by atoms with van der Waals surface area (Å²) >= 11 is 0. The number of rotatable bonds is 1. The van der Waals surface area contributed by atoms with Crippen LogP contribution in [-0.2, 0) is 9.53 Å². The summed E-state index contributed by atoms with van der Waals surface area (Å²) in [6, 6.07) is 0.222. The molecule has 2 aliphatic heterocycles. The molecule has 0 aromatic carbocycles. The van der Waals surface area contributed by atoms with Gasteiger partial charge < -0.3 is 9.64 Å². The fourth-order valence-corrected chi connectivity index (χ4v) is 2.30. The van der Waals surface area contributed by atoms with Crippen molar-refractivity contribution >= 4 is 5.91 Å². The van der Waals surface area contributed by atoms with Crippen molar-refractivity contribution in [3.63, 3.8) is 0 Å². The molecular formula is C10H18N2O2. The second-order valence-corrected chi connectivity index (χ2v) is 4.88. The summed E-state index contributed by atoms with van der Waals surface area (Å²) in [4.78, 5) is 13.6. The van der Waals surface area contributed by atoms with Gasteiger partial charge in [-0.2, -0.15) is 0 Å². The number of carbonyl (C=O) groups is 1. The molecule has 0 saturated carbocycles. The van der Waals surface area contributed by atoms with Gasteiger partial charge in [-0.3, -0.25) is 10.1 Å². The van der Waals surface area contributed by atoms with Crippen molar-refractivity contribution in [3.8, 4) is 0 Å². The van der Waals surface area contributed by atoms with E-state index in [0.29, 0.717) is 13.2 Å². The Hall–Kier alpha value is -0.610. The first kappa shape index (κ1) is 9.93. The van der Waals surface area contributed by atoms with Gasteiger partial charge in [-0.05, 0) is 6.92 Å². The number of amides is 1. The molecule has 2 fully saturated rings. The summed E-state index contributed by atoms with van der Waals surface area (Å²) in [6.45, 7) is 8.22. The third-order valence-electron chi connectivity index (χ3n) is 3.24. The van der Waals surface area contributed by atoms with E-state index in [4.69, 9.17) is 4.74 Å². The zero-order chi connectivity index (χ0) is 10.3. The monoisotopic (exact) mass is 198 g/mol. The first-order valence-corrected chi connectivity index (χ1v) is 5.15. The van der Waals surface area contributed by atoms with E-state index in [1.165, 1.54) is 0 Å². The third kappa shape index (κ3) is 1.42. The van der Waals surface area contributed by atoms with Crippen LogP contribution in [0.3, 0.4) is 0 Å². The molecule has 4 heteroatoms. The van der Waals surface area contributed by atoms with Crippen molar-refractivity contribution in [1.29, 1.82) is 0 Å². The van der Waals surface area contributed by atoms with Crippen molar-refractivity contribution in [2.24, 2.45) is 5.41 Å². The van der Waals surface area contributed by atoms with E-state index in [9.17, 15) is 4.79 Å². The zero-order valence-corrected chi connectivity index (χ0v) is 9.04. The average Bonchev–Trinajstić information content (AvgIpc) is 2.57. The maximum atomic E-state index is 11.7. The number of ether oxygens (including phenoxy) is 1. The minimum absolute atomic E-state index is 0.0793. The van der Waals surface area contributed by atoms with Crippen LogP contribution in [0, 0.1) is 5.41 Å². The highest BCUT2D eigenvalue weighted by atomic mass is 16.5. The molecule has 1 amide bonds. The molecule has 80 valence electrons. The van der Waals surface area contributed by atoms with E-state index in [0.717, 1.165) is 6.61 Å². The summed E-state index contributed by atoms with van der Waals surface area (Å²) in [5.74, 6) is 0.195. The Bertz CT molecular complexity index is 253. The summed E-state index contributed by atoms with van der Waals surface area (Å²) in [6.07, 6.45) is 0.147. The fraction of sp³-hybridized carbons (Fsp3) is 0.900. The number of nitrogens with one attached hydrogen (secondary N) is 1. The van der Waals surface area contributed by atoms with Gasteiger partial charge in [0.1, 0.15) is 0 Å². The predicted octanol–water partition coefficient (Wildman–Crippen LogP) is 0.189. The van der Waals surface area contributed by atoms with E-state index >= 15 is 0 Å². The van der Waals surface area contributed by atoms with Crippen LogP contribution in [0.2, 0.25) is 0 Å². The topological polar surface area (TPSA) is 41.6 Å². The maximum absolute atomic E-state index is 11.7. The highest BCUT2D eigenvalue weighted by Crippen LogP contribution is 2.33. The smallest absolute Gasteiger partial charge is 0.238 e. The summed E-state index contributed by atoms with van der Waals surface area (Å²) in [5.41, 5.74) is 0.0793.